The molecule has 1 fully saturated rings. The van der Waals surface area contributed by atoms with Crippen molar-refractivity contribution in [3.05, 3.63) is 40.1 Å². The summed E-state index contributed by atoms with van der Waals surface area (Å²) in [6.07, 6.45) is 4.26. The number of methoxy groups -OCH3 is 3. The Labute approximate surface area is 198 Å². The van der Waals surface area contributed by atoms with Crippen molar-refractivity contribution < 1.29 is 27.4 Å². The highest BCUT2D eigenvalue weighted by atomic mass is 32.2. The minimum atomic E-state index is -3.65. The average Bonchev–Trinajstić information content (AvgIpc) is 3.56. The van der Waals surface area contributed by atoms with Gasteiger partial charge in [-0.05, 0) is 36.3 Å². The van der Waals surface area contributed by atoms with Crippen molar-refractivity contribution in [1.29, 1.82) is 0 Å². The molecule has 3 heterocycles. The van der Waals surface area contributed by atoms with Crippen LogP contribution in [0.2, 0.25) is 0 Å². The Morgan fingerprint density at radius 3 is 2.21 bits per heavy atom. The van der Waals surface area contributed by atoms with E-state index in [2.05, 4.69) is 0 Å². The number of rotatable bonds is 7. The molecule has 0 spiro atoms. The van der Waals surface area contributed by atoms with E-state index in [-0.39, 0.29) is 15.7 Å². The number of amides is 1. The summed E-state index contributed by atoms with van der Waals surface area (Å²) < 4.78 is 44.0. The van der Waals surface area contributed by atoms with Crippen molar-refractivity contribution in [2.45, 2.75) is 24.2 Å². The van der Waals surface area contributed by atoms with E-state index >= 15 is 0 Å². The molecule has 0 atom stereocenters. The van der Waals surface area contributed by atoms with E-state index in [0.717, 1.165) is 24.0 Å². The van der Waals surface area contributed by atoms with Crippen LogP contribution < -0.4 is 14.2 Å². The lowest BCUT2D eigenvalue weighted by Gasteiger charge is -2.28. The summed E-state index contributed by atoms with van der Waals surface area (Å²) in [5.74, 6) is 1.64. The first-order chi connectivity index (χ1) is 15.9. The number of benzene rings is 1. The van der Waals surface area contributed by atoms with Crippen LogP contribution in [0.25, 0.3) is 5.57 Å². The molecule has 10 heteroatoms. The fraction of sp³-hybridized carbons (Fsp3) is 0.435. The lowest BCUT2D eigenvalue weighted by Crippen LogP contribution is -2.36. The molecule has 178 valence electrons. The fourth-order valence-corrected chi connectivity index (χ4v) is 7.15. The predicted molar refractivity (Wildman–Crippen MR) is 127 cm³/mol. The second kappa shape index (κ2) is 9.74. The minimum absolute atomic E-state index is 0.118. The van der Waals surface area contributed by atoms with Gasteiger partial charge >= 0.3 is 0 Å². The zero-order chi connectivity index (χ0) is 23.6. The summed E-state index contributed by atoms with van der Waals surface area (Å²) in [5, 5.41) is 1.68. The Morgan fingerprint density at radius 1 is 1.00 bits per heavy atom. The van der Waals surface area contributed by atoms with Gasteiger partial charge in [-0.15, -0.1) is 11.3 Å². The molecule has 0 unspecified atom stereocenters. The van der Waals surface area contributed by atoms with Gasteiger partial charge in [0, 0.05) is 38.3 Å². The fourth-order valence-electron chi connectivity index (χ4n) is 4.27. The van der Waals surface area contributed by atoms with Gasteiger partial charge in [-0.1, -0.05) is 6.08 Å². The van der Waals surface area contributed by atoms with Gasteiger partial charge in [-0.2, -0.15) is 4.31 Å². The molecule has 0 aliphatic carbocycles. The maximum atomic E-state index is 13.3. The van der Waals surface area contributed by atoms with Crippen LogP contribution in [0.1, 0.15) is 34.5 Å². The first-order valence-corrected chi connectivity index (χ1v) is 13.1. The van der Waals surface area contributed by atoms with Gasteiger partial charge in [0.05, 0.1) is 26.9 Å². The second-order valence-electron chi connectivity index (χ2n) is 7.86. The highest BCUT2D eigenvalue weighted by Gasteiger charge is 2.33. The number of ether oxygens (including phenoxy) is 3. The molecule has 0 bridgehead atoms. The van der Waals surface area contributed by atoms with E-state index in [1.54, 1.807) is 49.8 Å². The highest BCUT2D eigenvalue weighted by Crippen LogP contribution is 2.41. The number of carbonyl (C=O) groups is 1. The van der Waals surface area contributed by atoms with Crippen LogP contribution in [0.15, 0.2) is 34.6 Å². The summed E-state index contributed by atoms with van der Waals surface area (Å²) in [6.45, 7) is 1.85. The van der Waals surface area contributed by atoms with E-state index in [4.69, 9.17) is 14.2 Å². The molecular weight excluding hydrogens is 464 g/mol. The van der Waals surface area contributed by atoms with Crippen molar-refractivity contribution in [2.24, 2.45) is 0 Å². The summed E-state index contributed by atoms with van der Waals surface area (Å²) in [5.41, 5.74) is 1.84. The predicted octanol–water partition coefficient (Wildman–Crippen LogP) is 3.49. The van der Waals surface area contributed by atoms with Gasteiger partial charge in [-0.25, -0.2) is 8.42 Å². The molecule has 0 radical (unpaired) electrons. The zero-order valence-corrected chi connectivity index (χ0v) is 20.6. The molecule has 0 N–H and O–H groups in total. The van der Waals surface area contributed by atoms with Gasteiger partial charge in [0.1, 0.15) is 27.0 Å². The lowest BCUT2D eigenvalue weighted by atomic mass is 9.97. The summed E-state index contributed by atoms with van der Waals surface area (Å²) in [4.78, 5) is 15.4. The van der Waals surface area contributed by atoms with Crippen LogP contribution in [0, 0.1) is 0 Å². The largest absolute Gasteiger partial charge is 0.496 e. The first kappa shape index (κ1) is 23.6. The van der Waals surface area contributed by atoms with Crippen LogP contribution in [-0.2, 0) is 10.0 Å². The van der Waals surface area contributed by atoms with Crippen molar-refractivity contribution >= 4 is 32.8 Å². The van der Waals surface area contributed by atoms with Crippen molar-refractivity contribution in [3.8, 4) is 17.2 Å². The summed E-state index contributed by atoms with van der Waals surface area (Å²) in [6, 6.07) is 5.15. The first-order valence-electron chi connectivity index (χ1n) is 10.8. The third kappa shape index (κ3) is 4.47. The quantitative estimate of drug-likeness (QED) is 0.588. The average molecular weight is 493 g/mol. The van der Waals surface area contributed by atoms with Crippen LogP contribution in [0.4, 0.5) is 0 Å². The van der Waals surface area contributed by atoms with E-state index in [0.29, 0.717) is 49.8 Å². The molecule has 33 heavy (non-hydrogen) atoms. The number of carbonyl (C=O) groups excluding carboxylic acids is 1. The number of hydrogen-bond acceptors (Lipinski definition) is 7. The van der Waals surface area contributed by atoms with Gasteiger partial charge in [0.25, 0.3) is 5.91 Å². The third-order valence-corrected chi connectivity index (χ3v) is 9.01. The van der Waals surface area contributed by atoms with Gasteiger partial charge in [-0.3, -0.25) is 4.79 Å². The Hall–Kier alpha value is -2.56. The SMILES string of the molecule is COc1cc(OC)c(C2=CCN(C(=O)c3sccc3S(=O)(=O)N3CCCC3)CC2)c(OC)c1. The standard InChI is InChI=1S/C23H28N2O6S2/c1-29-17-14-18(30-2)21(19(15-17)31-3)16-6-11-24(12-7-16)23(26)22-20(8-13-32-22)33(27,28)25-9-4-5-10-25/h6,8,13-15H,4-5,7,9-12H2,1-3H3. The van der Waals surface area contributed by atoms with Gasteiger partial charge in [0.15, 0.2) is 0 Å². The van der Waals surface area contributed by atoms with Crippen molar-refractivity contribution in [3.63, 3.8) is 0 Å². The van der Waals surface area contributed by atoms with Crippen LogP contribution >= 0.6 is 11.3 Å². The van der Waals surface area contributed by atoms with Crippen molar-refractivity contribution in [2.75, 3.05) is 47.5 Å². The Bertz CT molecular complexity index is 1140. The molecule has 2 aromatic rings. The molecule has 8 nitrogen and oxygen atoms in total. The van der Waals surface area contributed by atoms with Crippen LogP contribution in [0.5, 0.6) is 17.2 Å². The maximum Gasteiger partial charge on any atom is 0.265 e. The molecule has 1 amide bonds. The van der Waals surface area contributed by atoms with Crippen LogP contribution in [-0.4, -0.2) is 71.0 Å². The van der Waals surface area contributed by atoms with E-state index in [1.807, 2.05) is 6.08 Å². The van der Waals surface area contributed by atoms with Crippen LogP contribution in [0.3, 0.4) is 0 Å². The van der Waals surface area contributed by atoms with Crippen molar-refractivity contribution in [1.82, 2.24) is 9.21 Å². The summed E-state index contributed by atoms with van der Waals surface area (Å²) >= 11 is 1.18. The van der Waals surface area contributed by atoms with Gasteiger partial charge < -0.3 is 19.1 Å². The lowest BCUT2D eigenvalue weighted by molar-refractivity contribution is 0.0774. The highest BCUT2D eigenvalue weighted by molar-refractivity contribution is 7.89. The number of hydrogen-bond donors (Lipinski definition) is 0. The zero-order valence-electron chi connectivity index (χ0n) is 19.0. The van der Waals surface area contributed by atoms with E-state index < -0.39 is 10.0 Å². The van der Waals surface area contributed by atoms with E-state index in [9.17, 15) is 13.2 Å². The monoisotopic (exact) mass is 492 g/mol. The Morgan fingerprint density at radius 2 is 1.67 bits per heavy atom. The molecule has 2 aliphatic heterocycles. The maximum absolute atomic E-state index is 13.3. The Balaban J connectivity index is 1.58. The summed E-state index contributed by atoms with van der Waals surface area (Å²) in [7, 11) is 1.12. The molecule has 4 rings (SSSR count). The molecule has 0 saturated carbocycles. The van der Waals surface area contributed by atoms with E-state index in [1.165, 1.54) is 15.6 Å². The second-order valence-corrected chi connectivity index (χ2v) is 10.7. The smallest absolute Gasteiger partial charge is 0.265 e. The number of sulfonamides is 1. The molecule has 2 aliphatic rings. The third-order valence-electron chi connectivity index (χ3n) is 6.04. The normalized spacial score (nSPS) is 17.1. The Kier molecular flexibility index (Phi) is 6.96. The number of thiophene rings is 1. The minimum Gasteiger partial charge on any atom is -0.496 e. The molecule has 1 aromatic heterocycles. The number of nitrogens with zero attached hydrogens (tertiary/aromatic N) is 2. The molecule has 1 aromatic carbocycles. The topological polar surface area (TPSA) is 85.4 Å². The molecule has 1 saturated heterocycles. The van der Waals surface area contributed by atoms with Gasteiger partial charge in [0.2, 0.25) is 10.0 Å². The molecular formula is C23H28N2O6S2.